The number of pyridine rings is 1. The third-order valence-corrected chi connectivity index (χ3v) is 8.17. The summed E-state index contributed by atoms with van der Waals surface area (Å²) in [5.74, 6) is 1.02. The molecule has 2 fully saturated rings. The molecule has 4 heterocycles. The summed E-state index contributed by atoms with van der Waals surface area (Å²) in [6.07, 6.45) is 7.52. The van der Waals surface area contributed by atoms with Gasteiger partial charge in [-0.1, -0.05) is 18.2 Å². The Morgan fingerprint density at radius 2 is 1.76 bits per heavy atom. The molecule has 2 aliphatic rings. The maximum absolute atomic E-state index is 12.3. The minimum Gasteiger partial charge on any atom is -0.365 e. The molecule has 2 aromatic heterocycles. The lowest BCUT2D eigenvalue weighted by Crippen LogP contribution is -2.44. The first-order chi connectivity index (χ1) is 17.9. The van der Waals surface area contributed by atoms with E-state index in [2.05, 4.69) is 70.4 Å². The van der Waals surface area contributed by atoms with E-state index in [9.17, 15) is 4.79 Å². The summed E-state index contributed by atoms with van der Waals surface area (Å²) in [4.78, 5) is 22.1. The lowest BCUT2D eigenvalue weighted by Gasteiger charge is -2.37. The third-order valence-electron chi connectivity index (χ3n) is 8.17. The molecule has 0 bridgehead atoms. The number of nitrogens with one attached hydrogen (secondary N) is 2. The molecule has 37 heavy (non-hydrogen) atoms. The number of aromatic nitrogens is 3. The minimum absolute atomic E-state index is 0.411. The van der Waals surface area contributed by atoms with Crippen molar-refractivity contribution in [3.05, 3.63) is 69.5 Å². The highest BCUT2D eigenvalue weighted by Gasteiger charge is 2.27. The average Bonchev–Trinajstić information content (AvgIpc) is 3.57. The van der Waals surface area contributed by atoms with Gasteiger partial charge in [-0.2, -0.15) is 5.10 Å². The van der Waals surface area contributed by atoms with Crippen molar-refractivity contribution in [3.8, 4) is 0 Å². The number of carbonyl (C=O) groups excluding carboxylic acids is 1. The van der Waals surface area contributed by atoms with Crippen LogP contribution in [0.15, 0.2) is 30.5 Å². The van der Waals surface area contributed by atoms with Gasteiger partial charge in [-0.05, 0) is 93.4 Å². The number of amides is 1. The van der Waals surface area contributed by atoms with Crippen molar-refractivity contribution in [2.45, 2.75) is 65.5 Å². The van der Waals surface area contributed by atoms with Gasteiger partial charge >= 0.3 is 0 Å². The van der Waals surface area contributed by atoms with Gasteiger partial charge in [0.25, 0.3) is 5.91 Å². The van der Waals surface area contributed by atoms with Crippen molar-refractivity contribution < 1.29 is 4.79 Å². The quantitative estimate of drug-likeness (QED) is 0.430. The molecule has 0 saturated carbocycles. The van der Waals surface area contributed by atoms with Crippen LogP contribution in [-0.2, 0) is 13.0 Å². The highest BCUT2D eigenvalue weighted by atomic mass is 16.1. The van der Waals surface area contributed by atoms with Crippen LogP contribution in [0.2, 0.25) is 0 Å². The number of hydrogen-bond donors (Lipinski definition) is 3. The topological polar surface area (TPSA) is 103 Å². The molecule has 5 rings (SSSR count). The molecule has 0 aliphatic carbocycles. The van der Waals surface area contributed by atoms with Gasteiger partial charge in [-0.3, -0.25) is 9.89 Å². The molecule has 8 nitrogen and oxygen atoms in total. The number of nitrogens with two attached hydrogens (primary N) is 1. The predicted molar refractivity (Wildman–Crippen MR) is 148 cm³/mol. The molecule has 0 unspecified atom stereocenters. The Kier molecular flexibility index (Phi) is 7.46. The number of likely N-dealkylation sites (tertiary alicyclic amines) is 1. The van der Waals surface area contributed by atoms with Crippen LogP contribution >= 0.6 is 0 Å². The zero-order valence-electron chi connectivity index (χ0n) is 22.3. The Morgan fingerprint density at radius 3 is 2.38 bits per heavy atom. The summed E-state index contributed by atoms with van der Waals surface area (Å²) in [7, 11) is 0. The zero-order chi connectivity index (χ0) is 25.9. The zero-order valence-corrected chi connectivity index (χ0v) is 22.3. The van der Waals surface area contributed by atoms with E-state index in [4.69, 9.17) is 10.7 Å². The fraction of sp³-hybridized carbons (Fsp3) is 0.483. The standard InChI is InChI=1S/C29H39N7O/c1-19-14-23(15-20(2)21(19)3)18-32-29-27(28(30)37)25(33-34-29)16-22-6-7-26(31-17-22)36-12-8-24(9-13-36)35-10-4-5-11-35/h6-7,14-15,17,24H,4-5,8-13,16,18H2,1-3H3,(H2,30,37)(H2,32,33,34). The summed E-state index contributed by atoms with van der Waals surface area (Å²) in [5.41, 5.74) is 12.8. The summed E-state index contributed by atoms with van der Waals surface area (Å²) >= 11 is 0. The third kappa shape index (κ3) is 5.64. The monoisotopic (exact) mass is 501 g/mol. The second-order valence-corrected chi connectivity index (χ2v) is 10.7. The van der Waals surface area contributed by atoms with Crippen LogP contribution in [0.5, 0.6) is 0 Å². The van der Waals surface area contributed by atoms with Crippen molar-refractivity contribution in [2.24, 2.45) is 5.73 Å². The van der Waals surface area contributed by atoms with Gasteiger partial charge in [0, 0.05) is 38.3 Å². The number of hydrogen-bond acceptors (Lipinski definition) is 6. The van der Waals surface area contributed by atoms with E-state index in [1.807, 2.05) is 6.20 Å². The smallest absolute Gasteiger partial charge is 0.254 e. The Balaban J connectivity index is 1.22. The van der Waals surface area contributed by atoms with E-state index < -0.39 is 5.91 Å². The maximum Gasteiger partial charge on any atom is 0.254 e. The predicted octanol–water partition coefficient (Wildman–Crippen LogP) is 4.10. The molecule has 4 N–H and O–H groups in total. The molecule has 2 saturated heterocycles. The van der Waals surface area contributed by atoms with E-state index in [1.54, 1.807) is 0 Å². The molecule has 3 aromatic rings. The molecule has 1 amide bonds. The lowest BCUT2D eigenvalue weighted by atomic mass is 10.0. The number of aryl methyl sites for hydroxylation is 2. The molecule has 0 radical (unpaired) electrons. The lowest BCUT2D eigenvalue weighted by molar-refractivity contribution is 0.100. The highest BCUT2D eigenvalue weighted by molar-refractivity contribution is 5.99. The second-order valence-electron chi connectivity index (χ2n) is 10.7. The van der Waals surface area contributed by atoms with Gasteiger partial charge in [0.1, 0.15) is 11.4 Å². The fourth-order valence-corrected chi connectivity index (χ4v) is 5.79. The van der Waals surface area contributed by atoms with Crippen LogP contribution in [0.3, 0.4) is 0 Å². The van der Waals surface area contributed by atoms with Gasteiger partial charge < -0.3 is 20.9 Å². The molecule has 0 spiro atoms. The number of carbonyl (C=O) groups is 1. The van der Waals surface area contributed by atoms with E-state index in [0.29, 0.717) is 30.0 Å². The van der Waals surface area contributed by atoms with Crippen molar-refractivity contribution in [1.82, 2.24) is 20.1 Å². The largest absolute Gasteiger partial charge is 0.365 e. The Hall–Kier alpha value is -3.39. The van der Waals surface area contributed by atoms with Crippen molar-refractivity contribution in [1.29, 1.82) is 0 Å². The molecule has 1 aromatic carbocycles. The average molecular weight is 502 g/mol. The van der Waals surface area contributed by atoms with Crippen LogP contribution in [0.4, 0.5) is 11.6 Å². The van der Waals surface area contributed by atoms with E-state index in [0.717, 1.165) is 36.1 Å². The van der Waals surface area contributed by atoms with Crippen LogP contribution in [0, 0.1) is 20.8 Å². The highest BCUT2D eigenvalue weighted by Crippen LogP contribution is 2.25. The maximum atomic E-state index is 12.3. The molecule has 0 atom stereocenters. The Bertz CT molecular complexity index is 1210. The summed E-state index contributed by atoms with van der Waals surface area (Å²) < 4.78 is 0. The first-order valence-electron chi connectivity index (χ1n) is 13.5. The van der Waals surface area contributed by atoms with Crippen LogP contribution < -0.4 is 16.0 Å². The van der Waals surface area contributed by atoms with Crippen molar-refractivity contribution in [2.75, 3.05) is 36.4 Å². The summed E-state index contributed by atoms with van der Waals surface area (Å²) in [6.45, 7) is 11.6. The van der Waals surface area contributed by atoms with Gasteiger partial charge in [-0.15, -0.1) is 0 Å². The SMILES string of the molecule is Cc1cc(CNc2n[nH]c(Cc3ccc(N4CCC(N5CCCC5)CC4)nc3)c2C(N)=O)cc(C)c1C. The first-order valence-corrected chi connectivity index (χ1v) is 13.5. The fourth-order valence-electron chi connectivity index (χ4n) is 5.79. The Labute approximate surface area is 219 Å². The van der Waals surface area contributed by atoms with Crippen LogP contribution in [-0.4, -0.2) is 58.2 Å². The number of anilines is 2. The van der Waals surface area contributed by atoms with Gasteiger partial charge in [0.2, 0.25) is 0 Å². The van der Waals surface area contributed by atoms with E-state index >= 15 is 0 Å². The van der Waals surface area contributed by atoms with Crippen molar-refractivity contribution >= 4 is 17.5 Å². The number of aromatic amines is 1. The molecular weight excluding hydrogens is 462 g/mol. The number of primary amides is 1. The van der Waals surface area contributed by atoms with E-state index in [1.165, 1.54) is 55.5 Å². The van der Waals surface area contributed by atoms with E-state index in [-0.39, 0.29) is 0 Å². The van der Waals surface area contributed by atoms with Gasteiger partial charge in [-0.25, -0.2) is 4.98 Å². The summed E-state index contributed by atoms with van der Waals surface area (Å²) in [6, 6.07) is 9.23. The first kappa shape index (κ1) is 25.3. The normalized spacial score (nSPS) is 16.9. The van der Waals surface area contributed by atoms with Crippen molar-refractivity contribution in [3.63, 3.8) is 0 Å². The summed E-state index contributed by atoms with van der Waals surface area (Å²) in [5, 5.41) is 10.7. The number of rotatable bonds is 8. The molecule has 8 heteroatoms. The Morgan fingerprint density at radius 1 is 1.05 bits per heavy atom. The number of nitrogens with zero attached hydrogens (tertiary/aromatic N) is 4. The molecular formula is C29H39N7O. The second kappa shape index (κ2) is 10.9. The van der Waals surface area contributed by atoms with Gasteiger partial charge in [0.05, 0.1) is 5.69 Å². The number of benzene rings is 1. The van der Waals surface area contributed by atoms with Gasteiger partial charge in [0.15, 0.2) is 5.82 Å². The van der Waals surface area contributed by atoms with Crippen LogP contribution in [0.25, 0.3) is 0 Å². The number of H-pyrrole nitrogens is 1. The minimum atomic E-state index is -0.493. The van der Waals surface area contributed by atoms with Crippen LogP contribution in [0.1, 0.15) is 69.6 Å². The molecule has 2 aliphatic heterocycles. The molecule has 196 valence electrons. The number of piperidine rings is 1.